The van der Waals surface area contributed by atoms with Crippen LogP contribution in [0.5, 0.6) is 0 Å². The lowest BCUT2D eigenvalue weighted by molar-refractivity contribution is -0.160. The molecule has 1 amide bonds. The number of carbonyl (C=O) groups excluding carboxylic acids is 1. The molecule has 1 aliphatic heterocycles. The molecule has 1 heterocycles. The van der Waals surface area contributed by atoms with E-state index < -0.39 is 35.3 Å². The van der Waals surface area contributed by atoms with E-state index in [0.29, 0.717) is 18.7 Å². The molecular formula is C19H26ClFN2O4. The van der Waals surface area contributed by atoms with Crippen LogP contribution in [0.3, 0.4) is 0 Å². The highest BCUT2D eigenvalue weighted by molar-refractivity contribution is 6.30. The fraction of sp³-hybridized carbons (Fsp3) is 0.579. The van der Waals surface area contributed by atoms with E-state index >= 15 is 0 Å². The van der Waals surface area contributed by atoms with Crippen molar-refractivity contribution in [3.05, 3.63) is 34.6 Å². The Hall–Kier alpha value is -1.70. The maximum absolute atomic E-state index is 14.6. The summed E-state index contributed by atoms with van der Waals surface area (Å²) in [7, 11) is 0. The highest BCUT2D eigenvalue weighted by Gasteiger charge is 2.45. The molecule has 0 unspecified atom stereocenters. The lowest BCUT2D eigenvalue weighted by atomic mass is 9.84. The van der Waals surface area contributed by atoms with Crippen LogP contribution in [0.15, 0.2) is 18.2 Å². The van der Waals surface area contributed by atoms with Gasteiger partial charge in [-0.15, -0.1) is 0 Å². The number of amides is 1. The van der Waals surface area contributed by atoms with Crippen molar-refractivity contribution in [2.75, 3.05) is 19.6 Å². The van der Waals surface area contributed by atoms with Crippen LogP contribution in [0, 0.1) is 17.7 Å². The smallest absolute Gasteiger partial charge is 0.333 e. The summed E-state index contributed by atoms with van der Waals surface area (Å²) >= 11 is 5.85. The Kier molecular flexibility index (Phi) is 6.83. The summed E-state index contributed by atoms with van der Waals surface area (Å²) in [5, 5.41) is 22.8. The summed E-state index contributed by atoms with van der Waals surface area (Å²) in [6, 6.07) is 4.29. The Balaban J connectivity index is 2.44. The molecule has 0 bridgehead atoms. The van der Waals surface area contributed by atoms with Crippen LogP contribution in [0.4, 0.5) is 4.39 Å². The lowest BCUT2D eigenvalue weighted by Gasteiger charge is -2.47. The average molecular weight is 401 g/mol. The fourth-order valence-corrected chi connectivity index (χ4v) is 3.79. The molecule has 0 aliphatic carbocycles. The predicted octanol–water partition coefficient (Wildman–Crippen LogP) is 2.23. The van der Waals surface area contributed by atoms with Gasteiger partial charge in [0.05, 0.1) is 11.5 Å². The zero-order valence-electron chi connectivity index (χ0n) is 15.7. The van der Waals surface area contributed by atoms with E-state index in [9.17, 15) is 24.2 Å². The largest absolute Gasteiger partial charge is 0.479 e. The summed E-state index contributed by atoms with van der Waals surface area (Å²) < 4.78 is 14.6. The molecule has 150 valence electrons. The third-order valence-corrected chi connectivity index (χ3v) is 5.27. The minimum atomic E-state index is -1.81. The number of rotatable bonds is 6. The van der Waals surface area contributed by atoms with Gasteiger partial charge in [-0.1, -0.05) is 31.5 Å². The van der Waals surface area contributed by atoms with Gasteiger partial charge in [-0.25, -0.2) is 9.18 Å². The van der Waals surface area contributed by atoms with Crippen LogP contribution >= 0.6 is 11.6 Å². The zero-order valence-corrected chi connectivity index (χ0v) is 16.5. The first-order valence-corrected chi connectivity index (χ1v) is 9.34. The van der Waals surface area contributed by atoms with E-state index in [2.05, 4.69) is 5.32 Å². The molecule has 0 radical (unpaired) electrons. The Morgan fingerprint density at radius 2 is 2.07 bits per heavy atom. The van der Waals surface area contributed by atoms with E-state index in [4.69, 9.17) is 11.6 Å². The number of carboxylic acid groups (broad SMARTS) is 1. The van der Waals surface area contributed by atoms with Crippen molar-refractivity contribution in [3.63, 3.8) is 0 Å². The van der Waals surface area contributed by atoms with Crippen LogP contribution in [0.1, 0.15) is 32.8 Å². The average Bonchev–Trinajstić information content (AvgIpc) is 2.58. The number of piperazine rings is 1. The molecule has 0 saturated carbocycles. The van der Waals surface area contributed by atoms with Crippen LogP contribution in [0.2, 0.25) is 5.02 Å². The Morgan fingerprint density at radius 3 is 2.63 bits per heavy atom. The number of carboxylic acids is 1. The summed E-state index contributed by atoms with van der Waals surface area (Å²) in [5.74, 6) is -3.56. The van der Waals surface area contributed by atoms with Crippen molar-refractivity contribution in [2.45, 2.75) is 38.8 Å². The number of benzene rings is 1. The quantitative estimate of drug-likeness (QED) is 0.681. The monoisotopic (exact) mass is 400 g/mol. The minimum absolute atomic E-state index is 0.00869. The third-order valence-electron chi connectivity index (χ3n) is 5.03. The molecule has 3 atom stereocenters. The van der Waals surface area contributed by atoms with Crippen molar-refractivity contribution < 1.29 is 24.2 Å². The molecule has 1 aliphatic rings. The summed E-state index contributed by atoms with van der Waals surface area (Å²) in [6.45, 7) is 6.50. The van der Waals surface area contributed by atoms with Crippen LogP contribution < -0.4 is 5.32 Å². The molecule has 0 spiro atoms. The van der Waals surface area contributed by atoms with Crippen molar-refractivity contribution in [1.82, 2.24) is 10.2 Å². The number of halogens is 2. The van der Waals surface area contributed by atoms with Gasteiger partial charge in [0.15, 0.2) is 6.10 Å². The standard InChI is InChI=1S/C19H26ClFN2O4/c1-11(2)8-13(16(24)18(26)27)17(25)23-7-6-22-10-19(23,3)14-5-4-12(20)9-15(14)21/h4-5,9,11,13,16,22,24H,6-8,10H2,1-3H3,(H,26,27)/t13-,16-,19-/m0/s1. The number of hydrogen-bond donors (Lipinski definition) is 3. The molecule has 1 saturated heterocycles. The second-order valence-corrected chi connectivity index (χ2v) is 8.02. The second-order valence-electron chi connectivity index (χ2n) is 7.58. The number of nitrogens with one attached hydrogen (secondary N) is 1. The summed E-state index contributed by atoms with van der Waals surface area (Å²) in [4.78, 5) is 26.1. The van der Waals surface area contributed by atoms with Crippen molar-refractivity contribution in [2.24, 2.45) is 11.8 Å². The minimum Gasteiger partial charge on any atom is -0.479 e. The highest BCUT2D eigenvalue weighted by Crippen LogP contribution is 2.35. The van der Waals surface area contributed by atoms with Gasteiger partial charge < -0.3 is 20.4 Å². The number of aliphatic carboxylic acids is 1. The van der Waals surface area contributed by atoms with E-state index in [1.807, 2.05) is 13.8 Å². The van der Waals surface area contributed by atoms with Gasteiger partial charge in [0.1, 0.15) is 5.82 Å². The SMILES string of the molecule is CC(C)C[C@H](C(=O)N1CCNC[C@@]1(C)c1ccc(Cl)cc1F)[C@H](O)C(=O)O. The van der Waals surface area contributed by atoms with Crippen LogP contribution in [-0.2, 0) is 15.1 Å². The van der Waals surface area contributed by atoms with E-state index in [0.717, 1.165) is 0 Å². The normalized spacial score (nSPS) is 22.6. The number of hydrogen-bond acceptors (Lipinski definition) is 4. The van der Waals surface area contributed by atoms with Crippen molar-refractivity contribution in [1.29, 1.82) is 0 Å². The van der Waals surface area contributed by atoms with Crippen LogP contribution in [0.25, 0.3) is 0 Å². The van der Waals surface area contributed by atoms with E-state index in [-0.39, 0.29) is 23.9 Å². The molecule has 27 heavy (non-hydrogen) atoms. The number of aliphatic hydroxyl groups is 1. The van der Waals surface area contributed by atoms with E-state index in [1.165, 1.54) is 17.0 Å². The lowest BCUT2D eigenvalue weighted by Crippen LogP contribution is -2.62. The van der Waals surface area contributed by atoms with Gasteiger partial charge in [-0.2, -0.15) is 0 Å². The first-order valence-electron chi connectivity index (χ1n) is 8.96. The molecule has 3 N–H and O–H groups in total. The van der Waals surface area contributed by atoms with Crippen molar-refractivity contribution >= 4 is 23.5 Å². The Bertz CT molecular complexity index is 715. The first kappa shape index (κ1) is 21.6. The predicted molar refractivity (Wildman–Crippen MR) is 99.9 cm³/mol. The molecule has 1 aromatic rings. The Labute approximate surface area is 163 Å². The highest BCUT2D eigenvalue weighted by atomic mass is 35.5. The molecule has 0 aromatic heterocycles. The maximum atomic E-state index is 14.6. The fourth-order valence-electron chi connectivity index (χ4n) is 3.63. The molecule has 1 aromatic carbocycles. The maximum Gasteiger partial charge on any atom is 0.333 e. The molecule has 2 rings (SSSR count). The van der Waals surface area contributed by atoms with Gasteiger partial charge >= 0.3 is 5.97 Å². The van der Waals surface area contributed by atoms with Gasteiger partial charge in [0.25, 0.3) is 0 Å². The summed E-state index contributed by atoms with van der Waals surface area (Å²) in [5.41, 5.74) is -0.738. The second kappa shape index (κ2) is 8.54. The number of nitrogens with zero attached hydrogens (tertiary/aromatic N) is 1. The summed E-state index contributed by atoms with van der Waals surface area (Å²) in [6.07, 6.45) is -1.59. The number of carbonyl (C=O) groups is 2. The molecule has 8 heteroatoms. The molecule has 6 nitrogen and oxygen atoms in total. The van der Waals surface area contributed by atoms with Gasteiger partial charge in [-0.05, 0) is 31.4 Å². The number of aliphatic hydroxyl groups excluding tert-OH is 1. The molecular weight excluding hydrogens is 375 g/mol. The van der Waals surface area contributed by atoms with E-state index in [1.54, 1.807) is 13.0 Å². The Morgan fingerprint density at radius 1 is 1.41 bits per heavy atom. The van der Waals surface area contributed by atoms with Gasteiger partial charge in [-0.3, -0.25) is 4.79 Å². The van der Waals surface area contributed by atoms with Crippen LogP contribution in [-0.4, -0.2) is 52.7 Å². The third kappa shape index (κ3) is 4.59. The van der Waals surface area contributed by atoms with Gasteiger partial charge in [0.2, 0.25) is 5.91 Å². The topological polar surface area (TPSA) is 89.9 Å². The van der Waals surface area contributed by atoms with Gasteiger partial charge in [0, 0.05) is 30.2 Å². The molecule has 1 fully saturated rings. The van der Waals surface area contributed by atoms with Crippen molar-refractivity contribution in [3.8, 4) is 0 Å². The zero-order chi connectivity index (χ0) is 20.4. The first-order chi connectivity index (χ1) is 12.6.